The molecule has 0 aromatic carbocycles. The zero-order valence-corrected chi connectivity index (χ0v) is 17.2. The second-order valence-corrected chi connectivity index (χ2v) is 9.18. The van der Waals surface area contributed by atoms with Crippen LogP contribution in [0.25, 0.3) is 0 Å². The summed E-state index contributed by atoms with van der Waals surface area (Å²) in [6.45, 7) is 1.12. The SMILES string of the molecule is O=S(=O)([O-])CCCC[n+]1ccccc1.O=S1(=O)CCCCO1.c1ccncc1. The first kappa shape index (κ1) is 24.2. The Morgan fingerprint density at radius 1 is 0.964 bits per heavy atom. The number of unbranched alkanes of at least 4 members (excludes halogenated alkanes) is 1. The molecule has 156 valence electrons. The number of nitrogens with zero attached hydrogens (tertiary/aromatic N) is 2. The van der Waals surface area contributed by atoms with E-state index in [4.69, 9.17) is 0 Å². The number of pyridine rings is 2. The van der Waals surface area contributed by atoms with Gasteiger partial charge in [0.1, 0.15) is 6.54 Å². The Balaban J connectivity index is 0.000000234. The molecule has 0 bridgehead atoms. The third kappa shape index (κ3) is 14.2. The quantitative estimate of drug-likeness (QED) is 0.305. The Morgan fingerprint density at radius 3 is 2.00 bits per heavy atom. The summed E-state index contributed by atoms with van der Waals surface area (Å²) < 4.78 is 58.1. The molecule has 0 atom stereocenters. The minimum Gasteiger partial charge on any atom is -0.748 e. The monoisotopic (exact) mass is 430 g/mol. The van der Waals surface area contributed by atoms with Crippen LogP contribution in [0.4, 0.5) is 0 Å². The Kier molecular flexibility index (Phi) is 11.5. The lowest BCUT2D eigenvalue weighted by molar-refractivity contribution is -0.697. The molecule has 0 unspecified atom stereocenters. The Morgan fingerprint density at radius 2 is 1.61 bits per heavy atom. The first-order chi connectivity index (χ1) is 13.3. The normalized spacial score (nSPS) is 15.3. The van der Waals surface area contributed by atoms with Crippen molar-refractivity contribution in [2.45, 2.75) is 32.2 Å². The van der Waals surface area contributed by atoms with Gasteiger partial charge in [-0.05, 0) is 31.4 Å². The zero-order valence-electron chi connectivity index (χ0n) is 15.6. The van der Waals surface area contributed by atoms with Crippen LogP contribution in [-0.2, 0) is 31.0 Å². The second kappa shape index (κ2) is 13.3. The van der Waals surface area contributed by atoms with Gasteiger partial charge in [-0.15, -0.1) is 0 Å². The molecule has 0 aliphatic carbocycles. The average Bonchev–Trinajstić information content (AvgIpc) is 2.68. The summed E-state index contributed by atoms with van der Waals surface area (Å²) in [5.41, 5.74) is 0. The van der Waals surface area contributed by atoms with Crippen LogP contribution in [0.5, 0.6) is 0 Å². The molecular weight excluding hydrogens is 404 g/mol. The van der Waals surface area contributed by atoms with Crippen molar-refractivity contribution in [2.75, 3.05) is 18.1 Å². The summed E-state index contributed by atoms with van der Waals surface area (Å²) in [6.07, 6.45) is 10.1. The molecule has 1 saturated heterocycles. The summed E-state index contributed by atoms with van der Waals surface area (Å²) in [5, 5.41) is 0. The maximum atomic E-state index is 10.4. The van der Waals surface area contributed by atoms with Gasteiger partial charge in [-0.25, -0.2) is 13.0 Å². The van der Waals surface area contributed by atoms with E-state index >= 15 is 0 Å². The van der Waals surface area contributed by atoms with E-state index < -0.39 is 20.2 Å². The first-order valence-corrected chi connectivity index (χ1v) is 12.0. The van der Waals surface area contributed by atoms with Gasteiger partial charge in [0.15, 0.2) is 12.4 Å². The maximum absolute atomic E-state index is 10.4. The maximum Gasteiger partial charge on any atom is 0.267 e. The minimum absolute atomic E-state index is 0.201. The standard InChI is InChI=1S/C9H13NO3S.C5H5N.C4H8O3S/c11-14(12,13)9-5-4-8-10-6-2-1-3-7-10;1-2-4-6-5-3-1;5-8(6)4-2-1-3-7-8/h1-3,6-7H,4-5,8-9H2;1-5H;1-4H2. The molecule has 8 nitrogen and oxygen atoms in total. The highest BCUT2D eigenvalue weighted by Crippen LogP contribution is 2.06. The highest BCUT2D eigenvalue weighted by Gasteiger charge is 2.14. The van der Waals surface area contributed by atoms with Crippen molar-refractivity contribution in [3.8, 4) is 0 Å². The van der Waals surface area contributed by atoms with Gasteiger partial charge in [0, 0.05) is 36.7 Å². The molecule has 0 N–H and O–H groups in total. The fourth-order valence-electron chi connectivity index (χ4n) is 2.09. The number of hydrogen-bond acceptors (Lipinski definition) is 7. The Bertz CT molecular complexity index is 805. The summed E-state index contributed by atoms with van der Waals surface area (Å²) in [4.78, 5) is 3.78. The Labute approximate surface area is 167 Å². The molecular formula is C18H26N2O6S2. The lowest BCUT2D eigenvalue weighted by atomic mass is 10.3. The average molecular weight is 431 g/mol. The van der Waals surface area contributed by atoms with E-state index in [1.165, 1.54) is 0 Å². The third-order valence-electron chi connectivity index (χ3n) is 3.46. The molecule has 0 spiro atoms. The van der Waals surface area contributed by atoms with Crippen molar-refractivity contribution in [3.63, 3.8) is 0 Å². The molecule has 0 saturated carbocycles. The number of aryl methyl sites for hydroxylation is 1. The third-order valence-corrected chi connectivity index (χ3v) is 5.56. The van der Waals surface area contributed by atoms with Crippen molar-refractivity contribution in [1.29, 1.82) is 0 Å². The van der Waals surface area contributed by atoms with Gasteiger partial charge in [-0.1, -0.05) is 12.1 Å². The van der Waals surface area contributed by atoms with Gasteiger partial charge in [-0.3, -0.25) is 9.17 Å². The topological polar surface area (TPSA) is 117 Å². The minimum atomic E-state index is -4.04. The van der Waals surface area contributed by atoms with E-state index in [-0.39, 0.29) is 11.5 Å². The van der Waals surface area contributed by atoms with Crippen LogP contribution in [0.15, 0.2) is 61.2 Å². The van der Waals surface area contributed by atoms with E-state index in [1.54, 1.807) is 12.4 Å². The van der Waals surface area contributed by atoms with Crippen LogP contribution in [-0.4, -0.2) is 44.5 Å². The van der Waals surface area contributed by atoms with Crippen LogP contribution in [0.2, 0.25) is 0 Å². The molecule has 28 heavy (non-hydrogen) atoms. The van der Waals surface area contributed by atoms with Crippen molar-refractivity contribution >= 4 is 20.2 Å². The van der Waals surface area contributed by atoms with E-state index in [0.717, 1.165) is 19.4 Å². The van der Waals surface area contributed by atoms with Gasteiger partial charge < -0.3 is 4.55 Å². The Hall–Kier alpha value is -1.88. The predicted molar refractivity (Wildman–Crippen MR) is 104 cm³/mol. The smallest absolute Gasteiger partial charge is 0.267 e. The molecule has 10 heteroatoms. The summed E-state index contributed by atoms with van der Waals surface area (Å²) >= 11 is 0. The lowest BCUT2D eigenvalue weighted by Crippen LogP contribution is -2.32. The van der Waals surface area contributed by atoms with Crippen LogP contribution >= 0.6 is 0 Å². The van der Waals surface area contributed by atoms with E-state index in [2.05, 4.69) is 9.17 Å². The van der Waals surface area contributed by atoms with Gasteiger partial charge in [0.05, 0.1) is 22.5 Å². The van der Waals surface area contributed by atoms with Crippen molar-refractivity contribution < 1.29 is 30.1 Å². The number of rotatable bonds is 5. The molecule has 2 aromatic heterocycles. The summed E-state index contributed by atoms with van der Waals surface area (Å²) in [7, 11) is -7.12. The van der Waals surface area contributed by atoms with E-state index in [0.29, 0.717) is 19.4 Å². The highest BCUT2D eigenvalue weighted by atomic mass is 32.2. The molecule has 0 amide bonds. The van der Waals surface area contributed by atoms with Crippen molar-refractivity contribution in [1.82, 2.24) is 4.98 Å². The van der Waals surface area contributed by atoms with Gasteiger partial charge >= 0.3 is 0 Å². The number of aromatic nitrogens is 2. The zero-order chi connectivity index (χ0) is 20.7. The van der Waals surface area contributed by atoms with Gasteiger partial charge in [-0.2, -0.15) is 8.42 Å². The molecule has 3 rings (SSSR count). The molecule has 0 radical (unpaired) electrons. The predicted octanol–water partition coefficient (Wildman–Crippen LogP) is 1.51. The van der Waals surface area contributed by atoms with Crippen LogP contribution < -0.4 is 4.57 Å². The molecule has 3 heterocycles. The molecule has 2 aromatic rings. The fourth-order valence-corrected chi connectivity index (χ4v) is 3.70. The first-order valence-electron chi connectivity index (χ1n) is 8.88. The molecule has 1 aliphatic heterocycles. The van der Waals surface area contributed by atoms with Crippen LogP contribution in [0, 0.1) is 0 Å². The highest BCUT2D eigenvalue weighted by molar-refractivity contribution is 7.86. The van der Waals surface area contributed by atoms with E-state index in [9.17, 15) is 21.4 Å². The van der Waals surface area contributed by atoms with Crippen LogP contribution in [0.1, 0.15) is 25.7 Å². The largest absolute Gasteiger partial charge is 0.748 e. The van der Waals surface area contributed by atoms with E-state index in [1.807, 2.05) is 53.4 Å². The molecule has 1 aliphatic rings. The fraction of sp³-hybridized carbons (Fsp3) is 0.444. The molecule has 1 fully saturated rings. The van der Waals surface area contributed by atoms with Gasteiger partial charge in [0.2, 0.25) is 0 Å². The summed E-state index contributed by atoms with van der Waals surface area (Å²) in [6, 6.07) is 11.4. The van der Waals surface area contributed by atoms with Crippen LogP contribution in [0.3, 0.4) is 0 Å². The lowest BCUT2D eigenvalue weighted by Gasteiger charge is -2.09. The van der Waals surface area contributed by atoms with Crippen molar-refractivity contribution in [3.05, 3.63) is 61.2 Å². The summed E-state index contributed by atoms with van der Waals surface area (Å²) in [5.74, 6) is -0.0621. The second-order valence-electron chi connectivity index (χ2n) is 5.90. The number of hydrogen-bond donors (Lipinski definition) is 0. The van der Waals surface area contributed by atoms with Crippen molar-refractivity contribution in [2.24, 2.45) is 0 Å². The van der Waals surface area contributed by atoms with Gasteiger partial charge in [0.25, 0.3) is 10.1 Å².